The van der Waals surface area contributed by atoms with Crippen molar-refractivity contribution in [1.82, 2.24) is 19.8 Å². The lowest BCUT2D eigenvalue weighted by molar-refractivity contribution is -0.134. The SMILES string of the molecule is O=C(NC[C@H](NS(=O)(=O)c1cc(F)cc(N2CCCCC2=O)c1Cl)C(=O)N1CCN(C2CC2)CC1)c1ccc(Cl)s1. The second-order valence-corrected chi connectivity index (χ2v) is 14.1. The Balaban J connectivity index is 1.38. The van der Waals surface area contributed by atoms with Crippen LogP contribution in [0.15, 0.2) is 29.2 Å². The number of carbonyl (C=O) groups is 3. The molecule has 41 heavy (non-hydrogen) atoms. The summed E-state index contributed by atoms with van der Waals surface area (Å²) in [5, 5.41) is 2.28. The van der Waals surface area contributed by atoms with Crippen LogP contribution in [-0.4, -0.2) is 87.3 Å². The van der Waals surface area contributed by atoms with Crippen molar-refractivity contribution in [3.05, 3.63) is 44.3 Å². The van der Waals surface area contributed by atoms with Gasteiger partial charge in [0.25, 0.3) is 5.91 Å². The van der Waals surface area contributed by atoms with E-state index >= 15 is 0 Å². The predicted molar refractivity (Wildman–Crippen MR) is 155 cm³/mol. The molecule has 15 heteroatoms. The van der Waals surface area contributed by atoms with Crippen LogP contribution >= 0.6 is 34.5 Å². The van der Waals surface area contributed by atoms with Crippen LogP contribution in [0.1, 0.15) is 41.8 Å². The quantitative estimate of drug-likeness (QED) is 0.433. The molecule has 1 saturated carbocycles. The molecular weight excluding hydrogens is 616 g/mol. The van der Waals surface area contributed by atoms with Crippen molar-refractivity contribution < 1.29 is 27.2 Å². The van der Waals surface area contributed by atoms with Crippen molar-refractivity contribution in [3.8, 4) is 0 Å². The summed E-state index contributed by atoms with van der Waals surface area (Å²) < 4.78 is 44.7. The van der Waals surface area contributed by atoms with Crippen LogP contribution in [0.25, 0.3) is 0 Å². The van der Waals surface area contributed by atoms with Crippen LogP contribution in [0.5, 0.6) is 0 Å². The molecule has 2 N–H and O–H groups in total. The van der Waals surface area contributed by atoms with E-state index in [1.54, 1.807) is 11.0 Å². The van der Waals surface area contributed by atoms with E-state index in [0.717, 1.165) is 36.3 Å². The first-order chi connectivity index (χ1) is 19.5. The van der Waals surface area contributed by atoms with Crippen LogP contribution in [-0.2, 0) is 19.6 Å². The fraction of sp³-hybridized carbons (Fsp3) is 0.500. The van der Waals surface area contributed by atoms with E-state index in [9.17, 15) is 27.2 Å². The molecule has 0 bridgehead atoms. The zero-order chi connectivity index (χ0) is 29.3. The normalized spacial score (nSPS) is 19.3. The Morgan fingerprint density at radius 2 is 1.80 bits per heavy atom. The number of sulfonamides is 1. The molecule has 2 aromatic rings. The zero-order valence-electron chi connectivity index (χ0n) is 22.1. The minimum atomic E-state index is -4.59. The molecule has 1 atom stereocenters. The van der Waals surface area contributed by atoms with Gasteiger partial charge in [0.2, 0.25) is 21.8 Å². The van der Waals surface area contributed by atoms with Crippen molar-refractivity contribution in [2.75, 3.05) is 44.2 Å². The molecule has 1 aromatic heterocycles. The monoisotopic (exact) mass is 645 g/mol. The van der Waals surface area contributed by atoms with Gasteiger partial charge in [0.15, 0.2) is 0 Å². The van der Waals surface area contributed by atoms with Gasteiger partial charge in [-0.15, -0.1) is 11.3 Å². The average molecular weight is 647 g/mol. The summed E-state index contributed by atoms with van der Waals surface area (Å²) in [7, 11) is -4.59. The lowest BCUT2D eigenvalue weighted by atomic mass is 10.1. The summed E-state index contributed by atoms with van der Waals surface area (Å²) in [6.45, 7) is 2.06. The van der Waals surface area contributed by atoms with Crippen LogP contribution in [0.3, 0.4) is 0 Å². The predicted octanol–water partition coefficient (Wildman–Crippen LogP) is 3.09. The molecule has 0 spiro atoms. The minimum Gasteiger partial charge on any atom is -0.349 e. The summed E-state index contributed by atoms with van der Waals surface area (Å²) in [6.07, 6.45) is 3.85. The van der Waals surface area contributed by atoms with Gasteiger partial charge in [-0.1, -0.05) is 23.2 Å². The average Bonchev–Trinajstić information content (AvgIpc) is 3.71. The van der Waals surface area contributed by atoms with Gasteiger partial charge in [-0.3, -0.25) is 19.3 Å². The molecule has 3 amide bonds. The molecule has 10 nitrogen and oxygen atoms in total. The third-order valence-corrected chi connectivity index (χ3v) is 10.7. The molecule has 222 valence electrons. The Morgan fingerprint density at radius 1 is 1.07 bits per heavy atom. The summed E-state index contributed by atoms with van der Waals surface area (Å²) in [4.78, 5) is 43.6. The fourth-order valence-electron chi connectivity index (χ4n) is 5.12. The Hall–Kier alpha value is -2.29. The number of nitrogens with one attached hydrogen (secondary N) is 2. The maximum atomic E-state index is 14.7. The third kappa shape index (κ3) is 7.03. The van der Waals surface area contributed by atoms with E-state index in [4.69, 9.17) is 23.2 Å². The van der Waals surface area contributed by atoms with Gasteiger partial charge in [0, 0.05) is 51.7 Å². The van der Waals surface area contributed by atoms with E-state index in [1.165, 1.54) is 11.0 Å². The van der Waals surface area contributed by atoms with Crippen molar-refractivity contribution in [3.63, 3.8) is 0 Å². The maximum Gasteiger partial charge on any atom is 0.261 e. The van der Waals surface area contributed by atoms with Gasteiger partial charge in [0.1, 0.15) is 16.8 Å². The van der Waals surface area contributed by atoms with E-state index in [-0.39, 0.29) is 36.1 Å². The first-order valence-corrected chi connectivity index (χ1v) is 16.5. The van der Waals surface area contributed by atoms with Gasteiger partial charge in [0.05, 0.1) is 19.9 Å². The molecule has 0 unspecified atom stereocenters. The summed E-state index contributed by atoms with van der Waals surface area (Å²) >= 11 is 13.5. The summed E-state index contributed by atoms with van der Waals surface area (Å²) in [6, 6.07) is 4.00. The fourth-order valence-corrected chi connectivity index (χ4v) is 7.89. The number of nitrogens with zero attached hydrogens (tertiary/aromatic N) is 3. The number of rotatable bonds is 9. The Bertz CT molecular complexity index is 1440. The molecule has 3 heterocycles. The van der Waals surface area contributed by atoms with E-state index in [0.29, 0.717) is 54.3 Å². The lowest BCUT2D eigenvalue weighted by Gasteiger charge is -2.36. The van der Waals surface area contributed by atoms with Gasteiger partial charge < -0.3 is 15.1 Å². The Labute approximate surface area is 251 Å². The highest BCUT2D eigenvalue weighted by Crippen LogP contribution is 2.35. The smallest absolute Gasteiger partial charge is 0.261 e. The Kier molecular flexibility index (Phi) is 9.22. The Morgan fingerprint density at radius 3 is 2.44 bits per heavy atom. The molecular formula is C26H30Cl2FN5O5S2. The number of benzene rings is 1. The van der Waals surface area contributed by atoms with Gasteiger partial charge in [-0.2, -0.15) is 4.72 Å². The summed E-state index contributed by atoms with van der Waals surface area (Å²) in [5.74, 6) is -2.22. The highest BCUT2D eigenvalue weighted by Gasteiger charge is 2.36. The molecule has 5 rings (SSSR count). The van der Waals surface area contributed by atoms with Crippen LogP contribution in [0.4, 0.5) is 10.1 Å². The highest BCUT2D eigenvalue weighted by atomic mass is 35.5. The maximum absolute atomic E-state index is 14.7. The number of hydrogen-bond donors (Lipinski definition) is 2. The molecule has 1 aliphatic carbocycles. The topological polar surface area (TPSA) is 119 Å². The number of anilines is 1. The van der Waals surface area contributed by atoms with Crippen molar-refractivity contribution in [1.29, 1.82) is 0 Å². The molecule has 1 aromatic carbocycles. The van der Waals surface area contributed by atoms with Crippen molar-refractivity contribution >= 4 is 68.0 Å². The number of amides is 3. The highest BCUT2D eigenvalue weighted by molar-refractivity contribution is 7.89. The third-order valence-electron chi connectivity index (χ3n) is 7.44. The van der Waals surface area contributed by atoms with Gasteiger partial charge in [-0.05, 0) is 49.9 Å². The van der Waals surface area contributed by atoms with E-state index in [2.05, 4.69) is 14.9 Å². The van der Waals surface area contributed by atoms with Crippen LogP contribution in [0, 0.1) is 5.82 Å². The second kappa shape index (κ2) is 12.5. The number of carbonyl (C=O) groups excluding carboxylic acids is 3. The van der Waals surface area contributed by atoms with Gasteiger partial charge in [-0.25, -0.2) is 12.8 Å². The molecule has 3 fully saturated rings. The van der Waals surface area contributed by atoms with Crippen molar-refractivity contribution in [2.45, 2.75) is 49.1 Å². The first-order valence-electron chi connectivity index (χ1n) is 13.4. The molecule has 2 aliphatic heterocycles. The van der Waals surface area contributed by atoms with Crippen LogP contribution < -0.4 is 14.9 Å². The van der Waals surface area contributed by atoms with Crippen LogP contribution in [0.2, 0.25) is 9.36 Å². The number of piperidine rings is 1. The van der Waals surface area contributed by atoms with Gasteiger partial charge >= 0.3 is 0 Å². The lowest BCUT2D eigenvalue weighted by Crippen LogP contribution is -2.58. The molecule has 0 radical (unpaired) electrons. The zero-order valence-corrected chi connectivity index (χ0v) is 25.2. The minimum absolute atomic E-state index is 0.0429. The van der Waals surface area contributed by atoms with E-state index < -0.39 is 38.6 Å². The number of thiophene rings is 1. The standard InChI is InChI=1S/C26H30Cl2FN5O5S2/c27-22-7-6-20(40-22)25(36)30-15-18(26(37)33-11-9-32(10-12-33)17-4-5-17)31-41(38,39)21-14-16(29)13-19(24(21)28)34-8-2-1-3-23(34)35/h6-7,13-14,17-18,31H,1-5,8-12,15H2,(H,30,36)/t18-/m0/s1. The summed E-state index contributed by atoms with van der Waals surface area (Å²) in [5.41, 5.74) is -0.0429. The first kappa shape index (κ1) is 30.2. The van der Waals surface area contributed by atoms with E-state index in [1.807, 2.05) is 0 Å². The number of halogens is 3. The number of piperazine rings is 1. The number of hydrogen-bond acceptors (Lipinski definition) is 7. The molecule has 2 saturated heterocycles. The van der Waals surface area contributed by atoms with Crippen molar-refractivity contribution in [2.24, 2.45) is 0 Å². The largest absolute Gasteiger partial charge is 0.349 e. The second-order valence-electron chi connectivity index (χ2n) is 10.3. The molecule has 3 aliphatic rings.